The van der Waals surface area contributed by atoms with Crippen molar-refractivity contribution in [2.24, 2.45) is 5.41 Å². The molecule has 27 heavy (non-hydrogen) atoms. The number of piperidine rings is 1. The summed E-state index contributed by atoms with van der Waals surface area (Å²) in [4.78, 5) is 14.4. The number of carboxylic acids is 1. The van der Waals surface area contributed by atoms with Gasteiger partial charge in [0.1, 0.15) is 5.41 Å². The van der Waals surface area contributed by atoms with Crippen LogP contribution in [-0.2, 0) is 17.8 Å². The Kier molecular flexibility index (Phi) is 5.97. The Morgan fingerprint density at radius 1 is 1.33 bits per heavy atom. The lowest BCUT2D eigenvalue weighted by Gasteiger charge is -2.43. The van der Waals surface area contributed by atoms with E-state index in [9.17, 15) is 15.0 Å². The quantitative estimate of drug-likeness (QED) is 0.696. The predicted molar refractivity (Wildman–Crippen MR) is 103 cm³/mol. The second-order valence-electron chi connectivity index (χ2n) is 7.73. The summed E-state index contributed by atoms with van der Waals surface area (Å²) in [7, 11) is 0. The third-order valence-electron chi connectivity index (χ3n) is 5.88. The minimum absolute atomic E-state index is 0.363. The summed E-state index contributed by atoms with van der Waals surface area (Å²) < 4.78 is 0. The maximum atomic E-state index is 12.2. The monoisotopic (exact) mass is 371 g/mol. The van der Waals surface area contributed by atoms with E-state index in [4.69, 9.17) is 0 Å². The van der Waals surface area contributed by atoms with Gasteiger partial charge in [-0.05, 0) is 45.1 Å². The number of aryl methyl sites for hydroxylation is 3. The average Bonchev–Trinajstić information content (AvgIpc) is 2.97. The molecule has 3 N–H and O–H groups in total. The Morgan fingerprint density at radius 3 is 2.70 bits per heavy atom. The number of aromatic nitrogens is 2. The molecule has 146 valence electrons. The first-order valence-corrected chi connectivity index (χ1v) is 9.60. The van der Waals surface area contributed by atoms with E-state index < -0.39 is 17.5 Å². The molecular formula is C21H29N3O3. The van der Waals surface area contributed by atoms with Crippen molar-refractivity contribution in [3.63, 3.8) is 0 Å². The number of carboxylic acid groups (broad SMARTS) is 1. The highest BCUT2D eigenvalue weighted by molar-refractivity contribution is 5.76. The van der Waals surface area contributed by atoms with Gasteiger partial charge in [0.05, 0.1) is 11.8 Å². The molecule has 0 amide bonds. The molecule has 1 fully saturated rings. The Balaban J connectivity index is 1.70. The van der Waals surface area contributed by atoms with Gasteiger partial charge in [-0.1, -0.05) is 30.3 Å². The van der Waals surface area contributed by atoms with Gasteiger partial charge in [-0.2, -0.15) is 5.10 Å². The number of H-pyrrole nitrogens is 1. The maximum absolute atomic E-state index is 12.2. The number of nitrogens with zero attached hydrogens (tertiary/aromatic N) is 2. The Hall–Kier alpha value is -2.18. The van der Waals surface area contributed by atoms with Gasteiger partial charge in [0.15, 0.2) is 0 Å². The lowest BCUT2D eigenvalue weighted by molar-refractivity contribution is -0.164. The number of hydrogen-bond acceptors (Lipinski definition) is 4. The van der Waals surface area contributed by atoms with Crippen LogP contribution in [0.25, 0.3) is 0 Å². The zero-order chi connectivity index (χ0) is 19.4. The first-order chi connectivity index (χ1) is 12.9. The fourth-order valence-electron chi connectivity index (χ4n) is 4.15. The average molecular weight is 371 g/mol. The van der Waals surface area contributed by atoms with Crippen molar-refractivity contribution in [1.29, 1.82) is 0 Å². The van der Waals surface area contributed by atoms with Crippen LogP contribution in [0.3, 0.4) is 0 Å². The van der Waals surface area contributed by atoms with E-state index in [1.165, 1.54) is 5.56 Å². The molecule has 1 aromatic heterocycles. The third kappa shape index (κ3) is 4.22. The van der Waals surface area contributed by atoms with E-state index in [1.807, 2.05) is 32.0 Å². The van der Waals surface area contributed by atoms with Gasteiger partial charge in [0, 0.05) is 30.9 Å². The molecule has 1 aromatic carbocycles. The second-order valence-corrected chi connectivity index (χ2v) is 7.73. The van der Waals surface area contributed by atoms with Gasteiger partial charge >= 0.3 is 5.97 Å². The number of hydrogen-bond donors (Lipinski definition) is 3. The van der Waals surface area contributed by atoms with Crippen molar-refractivity contribution in [3.8, 4) is 0 Å². The molecule has 0 aliphatic carbocycles. The number of benzene rings is 1. The molecule has 0 bridgehead atoms. The van der Waals surface area contributed by atoms with Crippen molar-refractivity contribution in [3.05, 3.63) is 52.8 Å². The number of likely N-dealkylation sites (tertiary alicyclic amines) is 1. The molecule has 0 radical (unpaired) electrons. The van der Waals surface area contributed by atoms with E-state index in [2.05, 4.69) is 27.2 Å². The summed E-state index contributed by atoms with van der Waals surface area (Å²) in [5.41, 5.74) is 3.17. The van der Waals surface area contributed by atoms with Crippen molar-refractivity contribution in [1.82, 2.24) is 15.1 Å². The Labute approximate surface area is 160 Å². The molecule has 0 saturated carbocycles. The number of aliphatic carboxylic acids is 1. The van der Waals surface area contributed by atoms with Crippen LogP contribution in [0.2, 0.25) is 0 Å². The summed E-state index contributed by atoms with van der Waals surface area (Å²) in [6.07, 6.45) is 1.70. The summed E-state index contributed by atoms with van der Waals surface area (Å²) >= 11 is 0. The molecule has 0 unspecified atom stereocenters. The molecule has 6 nitrogen and oxygen atoms in total. The minimum atomic E-state index is -1.11. The normalized spacial score (nSPS) is 23.4. The highest BCUT2D eigenvalue weighted by atomic mass is 16.4. The zero-order valence-electron chi connectivity index (χ0n) is 16.1. The molecule has 1 aliphatic rings. The standard InChI is InChI=1S/C21H29N3O3/c1-15-18(16(2)23-22-15)13-24-12-10-19(25)21(14-24,20(26)27)11-6-9-17-7-4-3-5-8-17/h3-5,7-8,19,25H,6,9-14H2,1-2H3,(H,22,23)(H,26,27)/t19-,21+/m0/s1. The molecular weight excluding hydrogens is 342 g/mol. The summed E-state index contributed by atoms with van der Waals surface area (Å²) in [6.45, 7) is 5.66. The van der Waals surface area contributed by atoms with E-state index in [-0.39, 0.29) is 0 Å². The van der Waals surface area contributed by atoms with E-state index >= 15 is 0 Å². The van der Waals surface area contributed by atoms with Crippen molar-refractivity contribution in [2.75, 3.05) is 13.1 Å². The number of aliphatic hydroxyl groups is 1. The fourth-order valence-corrected chi connectivity index (χ4v) is 4.15. The van der Waals surface area contributed by atoms with Crippen LogP contribution in [-0.4, -0.2) is 50.5 Å². The highest BCUT2D eigenvalue weighted by Gasteiger charge is 2.48. The maximum Gasteiger partial charge on any atom is 0.313 e. The third-order valence-corrected chi connectivity index (χ3v) is 5.88. The van der Waals surface area contributed by atoms with Crippen LogP contribution in [0.15, 0.2) is 30.3 Å². The molecule has 6 heteroatoms. The SMILES string of the molecule is Cc1n[nH]c(C)c1CN1CC[C@H](O)[C@](CCCc2ccccc2)(C(=O)O)C1. The summed E-state index contributed by atoms with van der Waals surface area (Å²) in [6, 6.07) is 10.1. The topological polar surface area (TPSA) is 89.5 Å². The van der Waals surface area contributed by atoms with Crippen LogP contribution in [0.1, 0.15) is 41.8 Å². The Bertz CT molecular complexity index is 755. The fraction of sp³-hybridized carbons (Fsp3) is 0.524. The molecule has 1 aliphatic heterocycles. The van der Waals surface area contributed by atoms with Crippen molar-refractivity contribution in [2.45, 2.75) is 52.2 Å². The summed E-state index contributed by atoms with van der Waals surface area (Å²) in [5.74, 6) is -0.895. The largest absolute Gasteiger partial charge is 0.481 e. The number of aromatic amines is 1. The van der Waals surface area contributed by atoms with Gasteiger partial charge < -0.3 is 10.2 Å². The predicted octanol–water partition coefficient (Wildman–Crippen LogP) is 2.69. The Morgan fingerprint density at radius 2 is 2.07 bits per heavy atom. The summed E-state index contributed by atoms with van der Waals surface area (Å²) in [5, 5.41) is 27.8. The van der Waals surface area contributed by atoms with Crippen LogP contribution in [0, 0.1) is 19.3 Å². The smallest absolute Gasteiger partial charge is 0.313 e. The molecule has 2 heterocycles. The van der Waals surface area contributed by atoms with E-state index in [0.717, 1.165) is 29.8 Å². The molecule has 3 rings (SSSR count). The number of nitrogens with one attached hydrogen (secondary N) is 1. The van der Waals surface area contributed by atoms with Crippen LogP contribution in [0.4, 0.5) is 0 Å². The lowest BCUT2D eigenvalue weighted by atomic mass is 9.73. The first-order valence-electron chi connectivity index (χ1n) is 9.60. The van der Waals surface area contributed by atoms with Crippen LogP contribution in [0.5, 0.6) is 0 Å². The van der Waals surface area contributed by atoms with E-state index in [0.29, 0.717) is 32.5 Å². The lowest BCUT2D eigenvalue weighted by Crippen LogP contribution is -2.55. The number of rotatable bonds is 7. The van der Waals surface area contributed by atoms with Crippen molar-refractivity contribution >= 4 is 5.97 Å². The van der Waals surface area contributed by atoms with Gasteiger partial charge in [-0.25, -0.2) is 0 Å². The minimum Gasteiger partial charge on any atom is -0.481 e. The van der Waals surface area contributed by atoms with Crippen LogP contribution >= 0.6 is 0 Å². The molecule has 0 spiro atoms. The zero-order valence-corrected chi connectivity index (χ0v) is 16.1. The van der Waals surface area contributed by atoms with Gasteiger partial charge in [0.2, 0.25) is 0 Å². The van der Waals surface area contributed by atoms with E-state index in [1.54, 1.807) is 0 Å². The van der Waals surface area contributed by atoms with Crippen molar-refractivity contribution < 1.29 is 15.0 Å². The molecule has 1 saturated heterocycles. The highest BCUT2D eigenvalue weighted by Crippen LogP contribution is 2.37. The first kappa shape index (κ1) is 19.6. The molecule has 2 atom stereocenters. The number of aliphatic hydroxyl groups excluding tert-OH is 1. The molecule has 2 aromatic rings. The van der Waals surface area contributed by atoms with Crippen LogP contribution < -0.4 is 0 Å². The van der Waals surface area contributed by atoms with Gasteiger partial charge in [0.25, 0.3) is 0 Å². The van der Waals surface area contributed by atoms with Gasteiger partial charge in [-0.3, -0.25) is 14.8 Å². The second kappa shape index (κ2) is 8.23. The van der Waals surface area contributed by atoms with Gasteiger partial charge in [-0.15, -0.1) is 0 Å². The number of carbonyl (C=O) groups is 1.